The first kappa shape index (κ1) is 10.2. The van der Waals surface area contributed by atoms with Gasteiger partial charge in [0.2, 0.25) is 0 Å². The van der Waals surface area contributed by atoms with Crippen molar-refractivity contribution in [3.05, 3.63) is 54.1 Å². The molecular formula is C13H11NO2. The summed E-state index contributed by atoms with van der Waals surface area (Å²) in [6.45, 7) is 0. The Labute approximate surface area is 93.5 Å². The lowest BCUT2D eigenvalue weighted by molar-refractivity contribution is 0.112. The molecule has 0 fully saturated rings. The summed E-state index contributed by atoms with van der Waals surface area (Å²) < 4.78 is 5.57. The van der Waals surface area contributed by atoms with Crippen molar-refractivity contribution < 1.29 is 9.53 Å². The number of aldehydes is 1. The van der Waals surface area contributed by atoms with Crippen molar-refractivity contribution in [2.45, 2.75) is 0 Å². The summed E-state index contributed by atoms with van der Waals surface area (Å²) in [5.41, 5.74) is 6.77. The molecule has 0 atom stereocenters. The number of ether oxygens (including phenoxy) is 1. The fourth-order valence-electron chi connectivity index (χ4n) is 1.33. The second kappa shape index (κ2) is 4.49. The smallest absolute Gasteiger partial charge is 0.153 e. The van der Waals surface area contributed by atoms with Crippen LogP contribution in [0.4, 0.5) is 5.69 Å². The van der Waals surface area contributed by atoms with Gasteiger partial charge in [-0.05, 0) is 36.4 Å². The van der Waals surface area contributed by atoms with Crippen LogP contribution in [-0.2, 0) is 0 Å². The van der Waals surface area contributed by atoms with Gasteiger partial charge in [0.05, 0.1) is 5.56 Å². The molecule has 16 heavy (non-hydrogen) atoms. The van der Waals surface area contributed by atoms with Crippen LogP contribution >= 0.6 is 0 Å². The minimum absolute atomic E-state index is 0.527. The van der Waals surface area contributed by atoms with Crippen molar-refractivity contribution in [3.63, 3.8) is 0 Å². The predicted octanol–water partition coefficient (Wildman–Crippen LogP) is 2.87. The zero-order valence-corrected chi connectivity index (χ0v) is 8.59. The van der Waals surface area contributed by atoms with Crippen LogP contribution in [0.1, 0.15) is 10.4 Å². The zero-order chi connectivity index (χ0) is 11.4. The highest BCUT2D eigenvalue weighted by Gasteiger charge is 2.02. The van der Waals surface area contributed by atoms with Gasteiger partial charge in [-0.1, -0.05) is 12.1 Å². The maximum absolute atomic E-state index is 10.8. The van der Waals surface area contributed by atoms with Crippen molar-refractivity contribution in [2.24, 2.45) is 0 Å². The third-order valence-electron chi connectivity index (χ3n) is 2.15. The van der Waals surface area contributed by atoms with Gasteiger partial charge < -0.3 is 10.5 Å². The third kappa shape index (κ3) is 2.20. The molecule has 0 spiro atoms. The number of hydrogen-bond donors (Lipinski definition) is 1. The molecule has 0 saturated carbocycles. The van der Waals surface area contributed by atoms with Crippen molar-refractivity contribution in [2.75, 3.05) is 5.73 Å². The van der Waals surface area contributed by atoms with Gasteiger partial charge in [0.15, 0.2) is 6.29 Å². The quantitative estimate of drug-likeness (QED) is 0.630. The van der Waals surface area contributed by atoms with Crippen molar-refractivity contribution in [3.8, 4) is 11.5 Å². The van der Waals surface area contributed by atoms with E-state index in [1.165, 1.54) is 0 Å². The number of anilines is 1. The number of benzene rings is 2. The molecule has 0 radical (unpaired) electrons. The Balaban J connectivity index is 2.26. The normalized spacial score (nSPS) is 9.75. The molecule has 0 heterocycles. The summed E-state index contributed by atoms with van der Waals surface area (Å²) in [4.78, 5) is 10.8. The van der Waals surface area contributed by atoms with Crippen LogP contribution < -0.4 is 10.5 Å². The minimum atomic E-state index is 0.527. The van der Waals surface area contributed by atoms with Gasteiger partial charge in [0.1, 0.15) is 11.5 Å². The Bertz CT molecular complexity index is 492. The molecule has 0 unspecified atom stereocenters. The Morgan fingerprint density at radius 1 is 1.00 bits per heavy atom. The number of carbonyl (C=O) groups is 1. The topological polar surface area (TPSA) is 52.3 Å². The SMILES string of the molecule is Nc1ccc(Oc2ccccc2C=O)cc1. The van der Waals surface area contributed by atoms with E-state index < -0.39 is 0 Å². The van der Waals surface area contributed by atoms with Crippen LogP contribution in [0.25, 0.3) is 0 Å². The molecule has 2 N–H and O–H groups in total. The van der Waals surface area contributed by atoms with Crippen molar-refractivity contribution in [1.82, 2.24) is 0 Å². The first-order chi connectivity index (χ1) is 7.79. The summed E-state index contributed by atoms with van der Waals surface area (Å²) >= 11 is 0. The molecule has 0 aliphatic rings. The zero-order valence-electron chi connectivity index (χ0n) is 8.59. The molecule has 3 nitrogen and oxygen atoms in total. The van der Waals surface area contributed by atoms with Gasteiger partial charge in [-0.15, -0.1) is 0 Å². The van der Waals surface area contributed by atoms with E-state index in [9.17, 15) is 4.79 Å². The molecule has 0 saturated heterocycles. The molecule has 3 heteroatoms. The van der Waals surface area contributed by atoms with E-state index in [-0.39, 0.29) is 0 Å². The van der Waals surface area contributed by atoms with E-state index >= 15 is 0 Å². The van der Waals surface area contributed by atoms with Crippen LogP contribution in [0.15, 0.2) is 48.5 Å². The fourth-order valence-corrected chi connectivity index (χ4v) is 1.33. The van der Waals surface area contributed by atoms with Gasteiger partial charge in [-0.2, -0.15) is 0 Å². The third-order valence-corrected chi connectivity index (χ3v) is 2.15. The maximum atomic E-state index is 10.8. The van der Waals surface area contributed by atoms with Gasteiger partial charge in [-0.25, -0.2) is 0 Å². The number of nitrogens with two attached hydrogens (primary N) is 1. The van der Waals surface area contributed by atoms with Gasteiger partial charge >= 0.3 is 0 Å². The minimum Gasteiger partial charge on any atom is -0.457 e. The molecule has 2 aromatic rings. The molecule has 2 aromatic carbocycles. The number of rotatable bonds is 3. The number of hydrogen-bond acceptors (Lipinski definition) is 3. The Morgan fingerprint density at radius 3 is 2.38 bits per heavy atom. The van der Waals surface area contributed by atoms with E-state index in [2.05, 4.69) is 0 Å². The predicted molar refractivity (Wildman–Crippen MR) is 62.8 cm³/mol. The monoisotopic (exact) mass is 213 g/mol. The highest BCUT2D eigenvalue weighted by molar-refractivity contribution is 5.79. The number of para-hydroxylation sites is 1. The largest absolute Gasteiger partial charge is 0.457 e. The molecule has 0 aromatic heterocycles. The number of nitrogen functional groups attached to an aromatic ring is 1. The highest BCUT2D eigenvalue weighted by atomic mass is 16.5. The van der Waals surface area contributed by atoms with E-state index in [1.807, 2.05) is 6.07 Å². The summed E-state index contributed by atoms with van der Waals surface area (Å²) in [5, 5.41) is 0. The number of carbonyl (C=O) groups excluding carboxylic acids is 1. The lowest BCUT2D eigenvalue weighted by atomic mass is 10.2. The molecule has 0 bridgehead atoms. The molecule has 80 valence electrons. The van der Waals surface area contributed by atoms with E-state index in [0.717, 1.165) is 6.29 Å². The fraction of sp³-hybridized carbons (Fsp3) is 0. The molecule has 0 aliphatic heterocycles. The summed E-state index contributed by atoms with van der Waals surface area (Å²) in [6.07, 6.45) is 0.770. The summed E-state index contributed by atoms with van der Waals surface area (Å²) in [7, 11) is 0. The standard InChI is InChI=1S/C13H11NO2/c14-11-5-7-12(8-6-11)16-13-4-2-1-3-10(13)9-15/h1-9H,14H2. The lowest BCUT2D eigenvalue weighted by Crippen LogP contribution is -1.90. The van der Waals surface area contributed by atoms with Crippen molar-refractivity contribution >= 4 is 12.0 Å². The molecule has 2 rings (SSSR count). The highest BCUT2D eigenvalue weighted by Crippen LogP contribution is 2.24. The lowest BCUT2D eigenvalue weighted by Gasteiger charge is -2.07. The average molecular weight is 213 g/mol. The van der Waals surface area contributed by atoms with Crippen molar-refractivity contribution in [1.29, 1.82) is 0 Å². The Morgan fingerprint density at radius 2 is 1.69 bits per heavy atom. The van der Waals surface area contributed by atoms with Crippen LogP contribution in [-0.4, -0.2) is 6.29 Å². The second-order valence-electron chi connectivity index (χ2n) is 3.33. The van der Waals surface area contributed by atoms with Gasteiger partial charge in [0.25, 0.3) is 0 Å². The van der Waals surface area contributed by atoms with Crippen LogP contribution in [0.2, 0.25) is 0 Å². The molecule has 0 aliphatic carbocycles. The average Bonchev–Trinajstić information content (AvgIpc) is 2.33. The van der Waals surface area contributed by atoms with Crippen LogP contribution in [0.5, 0.6) is 11.5 Å². The van der Waals surface area contributed by atoms with Gasteiger partial charge in [-0.3, -0.25) is 4.79 Å². The Kier molecular flexibility index (Phi) is 2.87. The maximum Gasteiger partial charge on any atom is 0.153 e. The molecular weight excluding hydrogens is 202 g/mol. The Hall–Kier alpha value is -2.29. The van der Waals surface area contributed by atoms with Crippen LogP contribution in [0.3, 0.4) is 0 Å². The van der Waals surface area contributed by atoms with E-state index in [4.69, 9.17) is 10.5 Å². The first-order valence-electron chi connectivity index (χ1n) is 4.87. The summed E-state index contributed by atoms with van der Waals surface area (Å²) in [5.74, 6) is 1.20. The first-order valence-corrected chi connectivity index (χ1v) is 4.87. The van der Waals surface area contributed by atoms with Crippen LogP contribution in [0, 0.1) is 0 Å². The van der Waals surface area contributed by atoms with Gasteiger partial charge in [0, 0.05) is 5.69 Å². The van der Waals surface area contributed by atoms with E-state index in [1.54, 1.807) is 42.5 Å². The molecule has 0 amide bonds. The van der Waals surface area contributed by atoms with E-state index in [0.29, 0.717) is 22.7 Å². The second-order valence-corrected chi connectivity index (χ2v) is 3.33. The summed E-state index contributed by atoms with van der Waals surface area (Å²) in [6, 6.07) is 14.1.